The van der Waals surface area contributed by atoms with Gasteiger partial charge in [0.1, 0.15) is 0 Å². The van der Waals surface area contributed by atoms with Gasteiger partial charge in [0.15, 0.2) is 0 Å². The number of hydrogen-bond acceptors (Lipinski definition) is 3. The molecule has 2 atom stereocenters. The van der Waals surface area contributed by atoms with Crippen LogP contribution in [-0.4, -0.2) is 28.4 Å². The van der Waals surface area contributed by atoms with Crippen LogP contribution in [0.1, 0.15) is 39.5 Å². The minimum Gasteiger partial charge on any atom is -0.481 e. The summed E-state index contributed by atoms with van der Waals surface area (Å²) in [6.07, 6.45) is 1.88. The molecule has 0 aromatic heterocycles. The van der Waals surface area contributed by atoms with Crippen molar-refractivity contribution in [2.75, 3.05) is 0 Å². The molecule has 0 aromatic rings. The Morgan fingerprint density at radius 3 is 2.33 bits per heavy atom. The predicted octanol–water partition coefficient (Wildman–Crippen LogP) is 0.258. The second kappa shape index (κ2) is 5.37. The zero-order valence-corrected chi connectivity index (χ0v) is 10.7. The fraction of sp³-hybridized carbons (Fsp3) is 0.750. The Bertz CT molecular complexity index is 365. The molecule has 0 radical (unpaired) electrons. The molecule has 6 heteroatoms. The topological polar surface area (TPSA) is 109 Å². The highest BCUT2D eigenvalue weighted by atomic mass is 16.4. The Labute approximate surface area is 106 Å². The molecule has 4 N–H and O–H groups in total. The molecule has 0 heterocycles. The first-order valence-corrected chi connectivity index (χ1v) is 6.06. The number of hydrogen-bond donors (Lipinski definition) is 3. The molecule has 102 valence electrons. The summed E-state index contributed by atoms with van der Waals surface area (Å²) in [4.78, 5) is 33.9. The first-order chi connectivity index (χ1) is 8.23. The molecule has 0 aromatic carbocycles. The lowest BCUT2D eigenvalue weighted by atomic mass is 9.92. The third-order valence-corrected chi connectivity index (χ3v) is 3.25. The maximum Gasteiger partial charge on any atom is 0.307 e. The maximum atomic E-state index is 12.0. The molecule has 0 saturated heterocycles. The van der Waals surface area contributed by atoms with Crippen LogP contribution in [0.15, 0.2) is 0 Å². The molecule has 1 fully saturated rings. The summed E-state index contributed by atoms with van der Waals surface area (Å²) in [5.74, 6) is -2.85. The minimum absolute atomic E-state index is 0.0310. The van der Waals surface area contributed by atoms with E-state index in [1.807, 2.05) is 0 Å². The van der Waals surface area contributed by atoms with Gasteiger partial charge in [0.05, 0.1) is 11.8 Å². The van der Waals surface area contributed by atoms with Crippen LogP contribution in [0.4, 0.5) is 0 Å². The second-order valence-corrected chi connectivity index (χ2v) is 5.50. The molecule has 6 nitrogen and oxygen atoms in total. The van der Waals surface area contributed by atoms with Crippen LogP contribution in [0.25, 0.3) is 0 Å². The molecular formula is C12H20N2O4. The van der Waals surface area contributed by atoms with Crippen LogP contribution in [0.5, 0.6) is 0 Å². The molecule has 0 aliphatic heterocycles. The predicted molar refractivity (Wildman–Crippen MR) is 64.5 cm³/mol. The molecule has 1 aliphatic rings. The summed E-state index contributed by atoms with van der Waals surface area (Å²) in [5.41, 5.74) is 4.36. The van der Waals surface area contributed by atoms with Crippen LogP contribution < -0.4 is 11.1 Å². The van der Waals surface area contributed by atoms with Crippen LogP contribution >= 0.6 is 0 Å². The Morgan fingerprint density at radius 1 is 1.28 bits per heavy atom. The number of amides is 2. The van der Waals surface area contributed by atoms with E-state index in [-0.39, 0.29) is 12.3 Å². The van der Waals surface area contributed by atoms with Crippen molar-refractivity contribution in [1.29, 1.82) is 0 Å². The Hall–Kier alpha value is -1.59. The van der Waals surface area contributed by atoms with Gasteiger partial charge in [-0.3, -0.25) is 14.4 Å². The molecule has 0 unspecified atom stereocenters. The number of carboxylic acid groups (broad SMARTS) is 1. The van der Waals surface area contributed by atoms with E-state index in [0.717, 1.165) is 6.42 Å². The molecule has 1 aliphatic carbocycles. The van der Waals surface area contributed by atoms with Gasteiger partial charge in [-0.15, -0.1) is 0 Å². The maximum absolute atomic E-state index is 12.0. The van der Waals surface area contributed by atoms with Crippen molar-refractivity contribution < 1.29 is 19.5 Å². The molecule has 2 amide bonds. The lowest BCUT2D eigenvalue weighted by molar-refractivity contribution is -0.146. The monoisotopic (exact) mass is 256 g/mol. The van der Waals surface area contributed by atoms with Crippen molar-refractivity contribution in [2.24, 2.45) is 17.6 Å². The number of nitrogens with two attached hydrogens (primary N) is 1. The quantitative estimate of drug-likeness (QED) is 0.655. The van der Waals surface area contributed by atoms with Gasteiger partial charge in [0.25, 0.3) is 0 Å². The van der Waals surface area contributed by atoms with Crippen molar-refractivity contribution in [3.05, 3.63) is 0 Å². The SMILES string of the molecule is CC(C)(CC(N)=O)NC(=O)[C@@H]1CCC[C@@H]1C(=O)O. The van der Waals surface area contributed by atoms with Crippen molar-refractivity contribution in [1.82, 2.24) is 5.32 Å². The number of nitrogens with one attached hydrogen (secondary N) is 1. The lowest BCUT2D eigenvalue weighted by Gasteiger charge is -2.27. The summed E-state index contributed by atoms with van der Waals surface area (Å²) in [6.45, 7) is 3.39. The summed E-state index contributed by atoms with van der Waals surface area (Å²) in [6, 6.07) is 0. The summed E-state index contributed by atoms with van der Waals surface area (Å²) < 4.78 is 0. The summed E-state index contributed by atoms with van der Waals surface area (Å²) in [5, 5.41) is 11.7. The second-order valence-electron chi connectivity index (χ2n) is 5.50. The smallest absolute Gasteiger partial charge is 0.307 e. The number of aliphatic carboxylic acids is 1. The van der Waals surface area contributed by atoms with Gasteiger partial charge < -0.3 is 16.2 Å². The van der Waals surface area contributed by atoms with Gasteiger partial charge in [-0.1, -0.05) is 6.42 Å². The lowest BCUT2D eigenvalue weighted by Crippen LogP contribution is -2.49. The third-order valence-electron chi connectivity index (χ3n) is 3.25. The molecule has 0 bridgehead atoms. The van der Waals surface area contributed by atoms with E-state index >= 15 is 0 Å². The van der Waals surface area contributed by atoms with Crippen molar-refractivity contribution >= 4 is 17.8 Å². The zero-order valence-electron chi connectivity index (χ0n) is 10.7. The first-order valence-electron chi connectivity index (χ1n) is 6.06. The number of carbonyl (C=O) groups is 3. The normalized spacial score (nSPS) is 23.7. The van der Waals surface area contributed by atoms with Crippen LogP contribution in [0.2, 0.25) is 0 Å². The number of carbonyl (C=O) groups excluding carboxylic acids is 2. The summed E-state index contributed by atoms with van der Waals surface area (Å²) >= 11 is 0. The van der Waals surface area contributed by atoms with Crippen molar-refractivity contribution in [2.45, 2.75) is 45.1 Å². The minimum atomic E-state index is -0.930. The fourth-order valence-electron chi connectivity index (χ4n) is 2.48. The van der Waals surface area contributed by atoms with Gasteiger partial charge in [0.2, 0.25) is 11.8 Å². The Balaban J connectivity index is 2.65. The Kier molecular flexibility index (Phi) is 4.32. The average molecular weight is 256 g/mol. The molecule has 1 saturated carbocycles. The van der Waals surface area contributed by atoms with Gasteiger partial charge in [-0.2, -0.15) is 0 Å². The van der Waals surface area contributed by atoms with Gasteiger partial charge in [-0.05, 0) is 26.7 Å². The standard InChI is InChI=1S/C12H20N2O4/c1-12(2,6-9(13)15)14-10(16)7-4-3-5-8(7)11(17)18/h7-8H,3-6H2,1-2H3,(H2,13,15)(H,14,16)(H,17,18)/t7-,8+/m1/s1. The largest absolute Gasteiger partial charge is 0.481 e. The molecular weight excluding hydrogens is 236 g/mol. The number of carboxylic acids is 1. The first kappa shape index (κ1) is 14.5. The van der Waals surface area contributed by atoms with E-state index in [2.05, 4.69) is 5.32 Å². The van der Waals surface area contributed by atoms with Gasteiger partial charge >= 0.3 is 5.97 Å². The van der Waals surface area contributed by atoms with E-state index < -0.39 is 29.3 Å². The third kappa shape index (κ3) is 3.72. The highest BCUT2D eigenvalue weighted by molar-refractivity contribution is 5.86. The van der Waals surface area contributed by atoms with E-state index in [0.29, 0.717) is 12.8 Å². The highest BCUT2D eigenvalue weighted by Crippen LogP contribution is 2.32. The molecule has 18 heavy (non-hydrogen) atoms. The Morgan fingerprint density at radius 2 is 1.83 bits per heavy atom. The van der Waals surface area contributed by atoms with Crippen LogP contribution in [-0.2, 0) is 14.4 Å². The van der Waals surface area contributed by atoms with Gasteiger partial charge in [0, 0.05) is 12.0 Å². The number of rotatable bonds is 5. The van der Waals surface area contributed by atoms with E-state index in [4.69, 9.17) is 10.8 Å². The van der Waals surface area contributed by atoms with Crippen molar-refractivity contribution in [3.8, 4) is 0 Å². The fourth-order valence-corrected chi connectivity index (χ4v) is 2.48. The van der Waals surface area contributed by atoms with Crippen LogP contribution in [0, 0.1) is 11.8 Å². The summed E-state index contributed by atoms with van der Waals surface area (Å²) in [7, 11) is 0. The van der Waals surface area contributed by atoms with Crippen LogP contribution in [0.3, 0.4) is 0 Å². The van der Waals surface area contributed by atoms with Gasteiger partial charge in [-0.25, -0.2) is 0 Å². The highest BCUT2D eigenvalue weighted by Gasteiger charge is 2.39. The van der Waals surface area contributed by atoms with E-state index in [1.54, 1.807) is 13.8 Å². The average Bonchev–Trinajstić information content (AvgIpc) is 2.61. The zero-order chi connectivity index (χ0) is 13.9. The van der Waals surface area contributed by atoms with Crippen molar-refractivity contribution in [3.63, 3.8) is 0 Å². The molecule has 1 rings (SSSR count). The van der Waals surface area contributed by atoms with E-state index in [9.17, 15) is 14.4 Å². The molecule has 0 spiro atoms. The van der Waals surface area contributed by atoms with E-state index in [1.165, 1.54) is 0 Å². The number of primary amides is 1.